The van der Waals surface area contributed by atoms with E-state index in [0.717, 1.165) is 11.3 Å². The van der Waals surface area contributed by atoms with Gasteiger partial charge in [0, 0.05) is 17.8 Å². The lowest BCUT2D eigenvalue weighted by Gasteiger charge is -2.22. The summed E-state index contributed by atoms with van der Waals surface area (Å²) in [6.07, 6.45) is 3.62. The zero-order chi connectivity index (χ0) is 16.2. The van der Waals surface area contributed by atoms with E-state index in [1.165, 1.54) is 42.7 Å². The van der Waals surface area contributed by atoms with Crippen molar-refractivity contribution < 1.29 is 14.7 Å². The Hall–Kier alpha value is -2.41. The molecule has 0 spiro atoms. The number of anilines is 1. The number of aromatic carboxylic acids is 1. The van der Waals surface area contributed by atoms with Crippen LogP contribution in [-0.2, 0) is 6.54 Å². The SMILES string of the molecule is O=C(NCc1ccc(C(=O)O)cc1)Nc1nc(C2CCC2)cs1. The predicted molar refractivity (Wildman–Crippen MR) is 88.0 cm³/mol. The van der Waals surface area contributed by atoms with Gasteiger partial charge in [0.1, 0.15) is 0 Å². The molecule has 3 N–H and O–H groups in total. The number of nitrogens with one attached hydrogen (secondary N) is 2. The van der Waals surface area contributed by atoms with E-state index < -0.39 is 5.97 Å². The standard InChI is InChI=1S/C16H17N3O3S/c20-14(21)12-6-4-10(5-7-12)8-17-15(22)19-16-18-13(9-23-16)11-2-1-3-11/h4-7,9,11H,1-3,8H2,(H,20,21)(H2,17,18,19,22). The highest BCUT2D eigenvalue weighted by Gasteiger charge is 2.22. The van der Waals surface area contributed by atoms with Crippen LogP contribution in [0.1, 0.15) is 46.8 Å². The Morgan fingerprint density at radius 3 is 2.61 bits per heavy atom. The molecule has 0 radical (unpaired) electrons. The van der Waals surface area contributed by atoms with Gasteiger partial charge in [0.05, 0.1) is 11.3 Å². The first-order valence-electron chi connectivity index (χ1n) is 7.44. The normalized spacial score (nSPS) is 14.1. The summed E-state index contributed by atoms with van der Waals surface area (Å²) in [7, 11) is 0. The van der Waals surface area contributed by atoms with E-state index in [9.17, 15) is 9.59 Å². The van der Waals surface area contributed by atoms with Crippen molar-refractivity contribution in [2.24, 2.45) is 0 Å². The van der Waals surface area contributed by atoms with Gasteiger partial charge in [-0.1, -0.05) is 18.6 Å². The second kappa shape index (κ2) is 6.78. The Balaban J connectivity index is 1.49. The fraction of sp³-hybridized carbons (Fsp3) is 0.312. The minimum absolute atomic E-state index is 0.226. The maximum Gasteiger partial charge on any atom is 0.335 e. The largest absolute Gasteiger partial charge is 0.478 e. The van der Waals surface area contributed by atoms with Crippen LogP contribution < -0.4 is 10.6 Å². The Labute approximate surface area is 137 Å². The van der Waals surface area contributed by atoms with Crippen LogP contribution >= 0.6 is 11.3 Å². The van der Waals surface area contributed by atoms with Gasteiger partial charge in [0.2, 0.25) is 0 Å². The molecule has 0 aliphatic heterocycles. The van der Waals surface area contributed by atoms with E-state index in [0.29, 0.717) is 17.6 Å². The van der Waals surface area contributed by atoms with Crippen molar-refractivity contribution in [3.63, 3.8) is 0 Å². The summed E-state index contributed by atoms with van der Waals surface area (Å²) in [5.41, 5.74) is 2.13. The molecule has 6 nitrogen and oxygen atoms in total. The lowest BCUT2D eigenvalue weighted by Crippen LogP contribution is -2.28. The molecule has 23 heavy (non-hydrogen) atoms. The van der Waals surface area contributed by atoms with Gasteiger partial charge in [-0.3, -0.25) is 5.32 Å². The minimum atomic E-state index is -0.965. The Morgan fingerprint density at radius 2 is 2.00 bits per heavy atom. The maximum atomic E-state index is 11.9. The topological polar surface area (TPSA) is 91.3 Å². The molecular weight excluding hydrogens is 314 g/mol. The van der Waals surface area contributed by atoms with E-state index in [-0.39, 0.29) is 11.6 Å². The lowest BCUT2D eigenvalue weighted by molar-refractivity contribution is 0.0697. The second-order valence-corrected chi connectivity index (χ2v) is 6.37. The van der Waals surface area contributed by atoms with Gasteiger partial charge >= 0.3 is 12.0 Å². The number of carboxylic acids is 1. The lowest BCUT2D eigenvalue weighted by atomic mass is 9.83. The summed E-state index contributed by atoms with van der Waals surface area (Å²) < 4.78 is 0. The van der Waals surface area contributed by atoms with Crippen molar-refractivity contribution in [2.75, 3.05) is 5.32 Å². The van der Waals surface area contributed by atoms with Crippen molar-refractivity contribution in [3.8, 4) is 0 Å². The molecule has 120 valence electrons. The number of aromatic nitrogens is 1. The van der Waals surface area contributed by atoms with Gasteiger partial charge in [-0.05, 0) is 30.5 Å². The third-order valence-corrected chi connectivity index (χ3v) is 4.70. The van der Waals surface area contributed by atoms with Crippen LogP contribution in [0.4, 0.5) is 9.93 Å². The number of hydrogen-bond donors (Lipinski definition) is 3. The zero-order valence-corrected chi connectivity index (χ0v) is 13.2. The summed E-state index contributed by atoms with van der Waals surface area (Å²) in [6, 6.07) is 6.08. The van der Waals surface area contributed by atoms with Crippen molar-refractivity contribution in [2.45, 2.75) is 31.7 Å². The molecular formula is C16H17N3O3S. The average molecular weight is 331 g/mol. The number of urea groups is 1. The van der Waals surface area contributed by atoms with Gasteiger partial charge in [0.25, 0.3) is 0 Å². The zero-order valence-electron chi connectivity index (χ0n) is 12.4. The van der Waals surface area contributed by atoms with Crippen LogP contribution in [0.25, 0.3) is 0 Å². The number of carbonyl (C=O) groups is 2. The summed E-state index contributed by atoms with van der Waals surface area (Å²) in [5, 5.41) is 16.9. The Kier molecular flexibility index (Phi) is 4.57. The number of nitrogens with zero attached hydrogens (tertiary/aromatic N) is 1. The minimum Gasteiger partial charge on any atom is -0.478 e. The summed E-state index contributed by atoms with van der Waals surface area (Å²) in [4.78, 5) is 27.1. The van der Waals surface area contributed by atoms with Crippen LogP contribution in [-0.4, -0.2) is 22.1 Å². The summed E-state index contributed by atoms with van der Waals surface area (Å²) in [6.45, 7) is 0.326. The van der Waals surface area contributed by atoms with Crippen LogP contribution in [0.15, 0.2) is 29.6 Å². The first kappa shape index (κ1) is 15.5. The molecule has 1 fully saturated rings. The molecule has 1 saturated carbocycles. The number of benzene rings is 1. The molecule has 1 aromatic carbocycles. The molecule has 2 aromatic rings. The average Bonchev–Trinajstić information content (AvgIpc) is 2.91. The van der Waals surface area contributed by atoms with Crippen LogP contribution in [0.3, 0.4) is 0 Å². The van der Waals surface area contributed by atoms with Crippen molar-refractivity contribution >= 4 is 28.5 Å². The van der Waals surface area contributed by atoms with Gasteiger partial charge in [-0.15, -0.1) is 11.3 Å². The highest BCUT2D eigenvalue weighted by molar-refractivity contribution is 7.13. The summed E-state index contributed by atoms with van der Waals surface area (Å²) in [5.74, 6) is -0.411. The molecule has 0 unspecified atom stereocenters. The predicted octanol–water partition coefficient (Wildman–Crippen LogP) is 3.43. The van der Waals surface area contributed by atoms with Crippen molar-refractivity contribution in [3.05, 3.63) is 46.5 Å². The smallest absolute Gasteiger partial charge is 0.335 e. The van der Waals surface area contributed by atoms with Gasteiger partial charge in [-0.25, -0.2) is 14.6 Å². The van der Waals surface area contributed by atoms with E-state index in [2.05, 4.69) is 15.6 Å². The monoisotopic (exact) mass is 331 g/mol. The van der Waals surface area contributed by atoms with Gasteiger partial charge in [-0.2, -0.15) is 0 Å². The number of thiazole rings is 1. The van der Waals surface area contributed by atoms with E-state index in [4.69, 9.17) is 5.11 Å². The quantitative estimate of drug-likeness (QED) is 0.783. The first-order valence-corrected chi connectivity index (χ1v) is 8.32. The molecule has 1 aliphatic carbocycles. The third-order valence-electron chi connectivity index (χ3n) is 3.92. The number of hydrogen-bond acceptors (Lipinski definition) is 4. The van der Waals surface area contributed by atoms with E-state index >= 15 is 0 Å². The summed E-state index contributed by atoms with van der Waals surface area (Å²) >= 11 is 1.43. The van der Waals surface area contributed by atoms with E-state index in [1.807, 2.05) is 5.38 Å². The third kappa shape index (κ3) is 3.87. The fourth-order valence-corrected chi connectivity index (χ4v) is 3.11. The van der Waals surface area contributed by atoms with Gasteiger partial charge < -0.3 is 10.4 Å². The molecule has 1 heterocycles. The highest BCUT2D eigenvalue weighted by atomic mass is 32.1. The fourth-order valence-electron chi connectivity index (χ4n) is 2.32. The Bertz CT molecular complexity index is 708. The number of carboxylic acid groups (broad SMARTS) is 1. The van der Waals surface area contributed by atoms with Crippen LogP contribution in [0.2, 0.25) is 0 Å². The van der Waals surface area contributed by atoms with Crippen LogP contribution in [0, 0.1) is 0 Å². The molecule has 7 heteroatoms. The number of carbonyl (C=O) groups excluding carboxylic acids is 1. The number of amides is 2. The maximum absolute atomic E-state index is 11.9. The second-order valence-electron chi connectivity index (χ2n) is 5.52. The molecule has 0 saturated heterocycles. The van der Waals surface area contributed by atoms with Crippen LogP contribution in [0.5, 0.6) is 0 Å². The molecule has 1 aromatic heterocycles. The molecule has 0 atom stereocenters. The molecule has 1 aliphatic rings. The number of rotatable bonds is 5. The molecule has 0 bridgehead atoms. The highest BCUT2D eigenvalue weighted by Crippen LogP contribution is 2.37. The van der Waals surface area contributed by atoms with E-state index in [1.54, 1.807) is 12.1 Å². The molecule has 2 amide bonds. The van der Waals surface area contributed by atoms with Gasteiger partial charge in [0.15, 0.2) is 5.13 Å². The van der Waals surface area contributed by atoms with Crippen molar-refractivity contribution in [1.82, 2.24) is 10.3 Å². The van der Waals surface area contributed by atoms with Crippen molar-refractivity contribution in [1.29, 1.82) is 0 Å². The molecule has 3 rings (SSSR count). The first-order chi connectivity index (χ1) is 11.1. The Morgan fingerprint density at radius 1 is 1.26 bits per heavy atom.